The van der Waals surface area contributed by atoms with E-state index in [-0.39, 0.29) is 24.4 Å². The number of guanidine groups is 1. The second kappa shape index (κ2) is 8.23. The zero-order valence-electron chi connectivity index (χ0n) is 13.7. The smallest absolute Gasteiger partial charge is 0.409 e. The van der Waals surface area contributed by atoms with Crippen molar-refractivity contribution in [2.24, 2.45) is 16.5 Å². The average molecular weight is 337 g/mol. The van der Waals surface area contributed by atoms with E-state index in [4.69, 9.17) is 20.6 Å². The lowest BCUT2D eigenvalue weighted by Gasteiger charge is -2.31. The average Bonchev–Trinajstić information content (AvgIpc) is 3.03. The highest BCUT2D eigenvalue weighted by molar-refractivity contribution is 5.89. The molecule has 9 heteroatoms. The van der Waals surface area contributed by atoms with Crippen molar-refractivity contribution in [1.82, 2.24) is 10.2 Å². The highest BCUT2D eigenvalue weighted by atomic mass is 16.6. The lowest BCUT2D eigenvalue weighted by Crippen LogP contribution is -2.48. The number of likely N-dealkylation sites (tertiary alicyclic amines) is 1. The van der Waals surface area contributed by atoms with Gasteiger partial charge in [-0.1, -0.05) is 0 Å². The number of rotatable bonds is 5. The second-order valence-corrected chi connectivity index (χ2v) is 5.44. The van der Waals surface area contributed by atoms with Gasteiger partial charge in [-0.15, -0.1) is 0 Å². The van der Waals surface area contributed by atoms with Crippen molar-refractivity contribution in [2.45, 2.75) is 32.4 Å². The van der Waals surface area contributed by atoms with Gasteiger partial charge in [-0.3, -0.25) is 4.79 Å². The summed E-state index contributed by atoms with van der Waals surface area (Å²) in [6, 6.07) is 3.29. The number of aliphatic imine (C=N–C) groups is 1. The molecule has 0 saturated carbocycles. The maximum atomic E-state index is 11.6. The minimum atomic E-state index is -0.621. The Balaban J connectivity index is 1.77. The molecule has 0 radical (unpaired) electrons. The Kier molecular flexibility index (Phi) is 6.05. The van der Waals surface area contributed by atoms with Crippen molar-refractivity contribution in [3.8, 4) is 0 Å². The molecule has 0 spiro atoms. The first-order valence-electron chi connectivity index (χ1n) is 7.86. The third-order valence-electron chi connectivity index (χ3n) is 3.68. The first kappa shape index (κ1) is 17.6. The zero-order valence-corrected chi connectivity index (χ0v) is 13.7. The molecule has 1 saturated heterocycles. The number of nitrogens with one attached hydrogen (secondary N) is 1. The van der Waals surface area contributed by atoms with Crippen molar-refractivity contribution in [3.05, 3.63) is 23.7 Å². The van der Waals surface area contributed by atoms with Crippen LogP contribution in [0.25, 0.3) is 0 Å². The molecule has 5 N–H and O–H groups in total. The van der Waals surface area contributed by atoms with Gasteiger partial charge >= 0.3 is 6.09 Å². The lowest BCUT2D eigenvalue weighted by atomic mass is 10.1. The van der Waals surface area contributed by atoms with Gasteiger partial charge in [0.05, 0.1) is 6.61 Å². The number of carbonyl (C=O) groups is 2. The standard InChI is InChI=1S/C15H23N5O4/c1-2-23-15(22)20-7-5-10(6-8-20)19-14(17)18-9-11-3-4-12(24-11)13(16)21/h3-4,10H,2,5-9H2,1H3,(H2,16,21)(H3,17,18,19). The number of hydrogen-bond donors (Lipinski definition) is 3. The molecule has 0 unspecified atom stereocenters. The molecule has 1 aromatic rings. The molecular weight excluding hydrogens is 314 g/mol. The van der Waals surface area contributed by atoms with Gasteiger partial charge in [0.25, 0.3) is 5.91 Å². The van der Waals surface area contributed by atoms with Gasteiger partial charge in [0.1, 0.15) is 12.3 Å². The van der Waals surface area contributed by atoms with Crippen molar-refractivity contribution in [1.29, 1.82) is 0 Å². The number of furan rings is 1. The van der Waals surface area contributed by atoms with E-state index in [0.29, 0.717) is 31.4 Å². The normalized spacial score (nSPS) is 16.0. The number of nitrogens with two attached hydrogens (primary N) is 2. The van der Waals surface area contributed by atoms with E-state index in [1.54, 1.807) is 17.9 Å². The van der Waals surface area contributed by atoms with Crippen molar-refractivity contribution in [3.63, 3.8) is 0 Å². The van der Waals surface area contributed by atoms with Gasteiger partial charge in [-0.2, -0.15) is 0 Å². The molecule has 132 valence electrons. The van der Waals surface area contributed by atoms with E-state index in [1.165, 1.54) is 6.07 Å². The predicted octanol–water partition coefficient (Wildman–Crippen LogP) is 0.404. The fraction of sp³-hybridized carbons (Fsp3) is 0.533. The van der Waals surface area contributed by atoms with Gasteiger partial charge < -0.3 is 30.8 Å². The van der Waals surface area contributed by atoms with E-state index < -0.39 is 5.91 Å². The van der Waals surface area contributed by atoms with Crippen LogP contribution >= 0.6 is 0 Å². The molecule has 0 atom stereocenters. The summed E-state index contributed by atoms with van der Waals surface area (Å²) in [5.41, 5.74) is 11.0. The molecule has 1 aromatic heterocycles. The first-order chi connectivity index (χ1) is 11.5. The molecule has 2 heterocycles. The number of amides is 2. The largest absolute Gasteiger partial charge is 0.454 e. The molecule has 0 bridgehead atoms. The van der Waals surface area contributed by atoms with Gasteiger partial charge in [0.2, 0.25) is 0 Å². The van der Waals surface area contributed by atoms with Crippen LogP contribution in [0.4, 0.5) is 4.79 Å². The molecule has 24 heavy (non-hydrogen) atoms. The minimum absolute atomic E-state index is 0.0954. The SMILES string of the molecule is CCOC(=O)N1CCC(NC(N)=NCc2ccc(C(N)=O)o2)CC1. The summed E-state index contributed by atoms with van der Waals surface area (Å²) >= 11 is 0. The maximum absolute atomic E-state index is 11.6. The van der Waals surface area contributed by atoms with E-state index >= 15 is 0 Å². The van der Waals surface area contributed by atoms with Gasteiger partial charge in [-0.05, 0) is 31.9 Å². The Morgan fingerprint density at radius 2 is 2.08 bits per heavy atom. The summed E-state index contributed by atoms with van der Waals surface area (Å²) in [6.45, 7) is 3.61. The van der Waals surface area contributed by atoms with Crippen LogP contribution in [0.2, 0.25) is 0 Å². The molecule has 0 aliphatic carbocycles. The summed E-state index contributed by atoms with van der Waals surface area (Å²) < 4.78 is 10.2. The van der Waals surface area contributed by atoms with Crippen LogP contribution in [0, 0.1) is 0 Å². The second-order valence-electron chi connectivity index (χ2n) is 5.44. The van der Waals surface area contributed by atoms with Crippen LogP contribution in [-0.2, 0) is 11.3 Å². The third kappa shape index (κ3) is 4.90. The lowest BCUT2D eigenvalue weighted by molar-refractivity contribution is 0.0959. The van der Waals surface area contributed by atoms with Crippen LogP contribution in [0.5, 0.6) is 0 Å². The monoisotopic (exact) mass is 337 g/mol. The van der Waals surface area contributed by atoms with Crippen molar-refractivity contribution >= 4 is 18.0 Å². The summed E-state index contributed by atoms with van der Waals surface area (Å²) in [4.78, 5) is 28.4. The number of carbonyl (C=O) groups excluding carboxylic acids is 2. The molecule has 1 aliphatic heterocycles. The van der Waals surface area contributed by atoms with Crippen LogP contribution in [0.1, 0.15) is 36.1 Å². The molecule has 1 fully saturated rings. The Hall–Kier alpha value is -2.71. The van der Waals surface area contributed by atoms with Gasteiger partial charge in [-0.25, -0.2) is 9.79 Å². The van der Waals surface area contributed by atoms with Crippen molar-refractivity contribution < 1.29 is 18.7 Å². The van der Waals surface area contributed by atoms with Crippen LogP contribution < -0.4 is 16.8 Å². The topological polar surface area (TPSA) is 136 Å². The Bertz CT molecular complexity index is 605. The number of piperidine rings is 1. The van der Waals surface area contributed by atoms with E-state index in [2.05, 4.69) is 10.3 Å². The first-order valence-corrected chi connectivity index (χ1v) is 7.86. The van der Waals surface area contributed by atoms with Crippen LogP contribution in [0.15, 0.2) is 21.5 Å². The molecule has 2 rings (SSSR count). The zero-order chi connectivity index (χ0) is 17.5. The Morgan fingerprint density at radius 3 is 2.67 bits per heavy atom. The maximum Gasteiger partial charge on any atom is 0.409 e. The van der Waals surface area contributed by atoms with Gasteiger partial charge in [0.15, 0.2) is 11.7 Å². The van der Waals surface area contributed by atoms with Crippen molar-refractivity contribution in [2.75, 3.05) is 19.7 Å². The van der Waals surface area contributed by atoms with E-state index in [9.17, 15) is 9.59 Å². The molecule has 2 amide bonds. The predicted molar refractivity (Wildman–Crippen MR) is 87.3 cm³/mol. The third-order valence-corrected chi connectivity index (χ3v) is 3.68. The quantitative estimate of drug-likeness (QED) is 0.525. The highest BCUT2D eigenvalue weighted by Crippen LogP contribution is 2.12. The van der Waals surface area contributed by atoms with E-state index in [1.807, 2.05) is 0 Å². The molecular formula is C15H23N5O4. The Labute approximate surface area is 140 Å². The summed E-state index contributed by atoms with van der Waals surface area (Å²) in [6.07, 6.45) is 1.25. The van der Waals surface area contributed by atoms with Crippen LogP contribution in [-0.4, -0.2) is 48.6 Å². The van der Waals surface area contributed by atoms with Crippen LogP contribution in [0.3, 0.4) is 0 Å². The molecule has 0 aromatic carbocycles. The summed E-state index contributed by atoms with van der Waals surface area (Å²) in [5, 5.41) is 3.13. The Morgan fingerprint density at radius 1 is 1.38 bits per heavy atom. The molecule has 1 aliphatic rings. The molecule has 9 nitrogen and oxygen atoms in total. The fourth-order valence-electron chi connectivity index (χ4n) is 2.43. The highest BCUT2D eigenvalue weighted by Gasteiger charge is 2.23. The van der Waals surface area contributed by atoms with E-state index in [0.717, 1.165) is 12.8 Å². The number of hydrogen-bond acceptors (Lipinski definition) is 5. The van der Waals surface area contributed by atoms with Gasteiger partial charge in [0, 0.05) is 19.1 Å². The number of primary amides is 1. The minimum Gasteiger partial charge on any atom is -0.454 e. The summed E-state index contributed by atoms with van der Waals surface area (Å²) in [5.74, 6) is 0.273. The number of nitrogens with zero attached hydrogens (tertiary/aromatic N) is 2. The summed E-state index contributed by atoms with van der Waals surface area (Å²) in [7, 11) is 0. The fourth-order valence-corrected chi connectivity index (χ4v) is 2.43. The number of ether oxygens (including phenoxy) is 1.